The smallest absolute Gasteiger partial charge is 0.395 e. The van der Waals surface area contributed by atoms with Gasteiger partial charge in [-0.25, -0.2) is 4.98 Å². The number of nitrogens with zero attached hydrogens (tertiary/aromatic N) is 2. The summed E-state index contributed by atoms with van der Waals surface area (Å²) < 4.78 is 38.2. The zero-order chi connectivity index (χ0) is 18.0. The van der Waals surface area contributed by atoms with Gasteiger partial charge in [-0.05, 0) is 31.0 Å². The molecule has 0 amide bonds. The van der Waals surface area contributed by atoms with Gasteiger partial charge in [-0.15, -0.1) is 0 Å². The highest BCUT2D eigenvalue weighted by Crippen LogP contribution is 2.40. The van der Waals surface area contributed by atoms with Gasteiger partial charge in [0.05, 0.1) is 28.6 Å². The van der Waals surface area contributed by atoms with E-state index < -0.39 is 11.7 Å². The van der Waals surface area contributed by atoms with E-state index in [1.807, 2.05) is 0 Å². The number of benzene rings is 1. The Labute approximate surface area is 147 Å². The molecule has 9 heteroatoms. The molecule has 1 aromatic carbocycles. The van der Waals surface area contributed by atoms with Crippen molar-refractivity contribution < 1.29 is 18.3 Å². The van der Waals surface area contributed by atoms with Crippen LogP contribution < -0.4 is 10.6 Å². The number of aromatic nitrogens is 2. The van der Waals surface area contributed by atoms with Gasteiger partial charge in [0.2, 0.25) is 5.95 Å². The van der Waals surface area contributed by atoms with Gasteiger partial charge in [-0.3, -0.25) is 0 Å². The predicted octanol–water partition coefficient (Wildman–Crippen LogP) is 4.17. The van der Waals surface area contributed by atoms with Crippen molar-refractivity contribution in [2.75, 3.05) is 23.8 Å². The van der Waals surface area contributed by atoms with E-state index in [1.54, 1.807) is 6.07 Å². The summed E-state index contributed by atoms with van der Waals surface area (Å²) in [5.41, 5.74) is 0.360. The fourth-order valence-corrected chi connectivity index (χ4v) is 2.52. The highest BCUT2D eigenvalue weighted by Gasteiger charge is 2.31. The van der Waals surface area contributed by atoms with Crippen molar-refractivity contribution in [3.05, 3.63) is 40.5 Å². The molecule has 0 spiro atoms. The van der Waals surface area contributed by atoms with E-state index in [4.69, 9.17) is 16.7 Å². The van der Waals surface area contributed by atoms with E-state index in [1.165, 1.54) is 6.07 Å². The van der Waals surface area contributed by atoms with Crippen LogP contribution in [0.5, 0.6) is 0 Å². The first-order valence-corrected chi connectivity index (χ1v) is 8.12. The lowest BCUT2D eigenvalue weighted by molar-refractivity contribution is -0.137. The average molecular weight is 373 g/mol. The van der Waals surface area contributed by atoms with Crippen molar-refractivity contribution in [1.82, 2.24) is 9.97 Å². The molecule has 0 atom stereocenters. The van der Waals surface area contributed by atoms with Crippen LogP contribution in [0.15, 0.2) is 24.3 Å². The highest BCUT2D eigenvalue weighted by molar-refractivity contribution is 6.33. The van der Waals surface area contributed by atoms with Crippen LogP contribution in [0.3, 0.4) is 0 Å². The summed E-state index contributed by atoms with van der Waals surface area (Å²) in [5.74, 6) is 1.14. The Kier molecular flexibility index (Phi) is 5.01. The summed E-state index contributed by atoms with van der Waals surface area (Å²) in [5, 5.41) is 14.7. The number of hydrogen-bond donors (Lipinski definition) is 3. The standard InChI is InChI=1S/C16H16ClF3N4O/c17-11-7-10(16(18,19)20)3-4-12(11)22-14-8-13(9-1-2-9)23-15(24-14)21-5-6-25/h3-4,7-9,25H,1-2,5-6H2,(H2,21,22,23,24). The Hall–Kier alpha value is -2.06. The Bertz CT molecular complexity index is 766. The molecule has 0 bridgehead atoms. The molecule has 1 saturated carbocycles. The lowest BCUT2D eigenvalue weighted by Crippen LogP contribution is -2.11. The summed E-state index contributed by atoms with van der Waals surface area (Å²) in [6.45, 7) is 0.235. The minimum absolute atomic E-state index is 0.0497. The molecule has 3 rings (SSSR count). The monoisotopic (exact) mass is 372 g/mol. The number of nitrogens with one attached hydrogen (secondary N) is 2. The largest absolute Gasteiger partial charge is 0.416 e. The second-order valence-electron chi connectivity index (χ2n) is 5.74. The molecule has 0 aliphatic heterocycles. The van der Waals surface area contributed by atoms with E-state index in [0.29, 0.717) is 29.9 Å². The predicted molar refractivity (Wildman–Crippen MR) is 89.3 cm³/mol. The first-order valence-electron chi connectivity index (χ1n) is 7.74. The molecule has 1 aromatic heterocycles. The number of aliphatic hydroxyl groups is 1. The molecule has 1 aliphatic rings. The van der Waals surface area contributed by atoms with Gasteiger partial charge in [0.25, 0.3) is 0 Å². The lowest BCUT2D eigenvalue weighted by atomic mass is 10.2. The van der Waals surface area contributed by atoms with Gasteiger partial charge in [0, 0.05) is 18.5 Å². The minimum atomic E-state index is -4.45. The third kappa shape index (κ3) is 4.52. The molecule has 0 radical (unpaired) electrons. The fourth-order valence-electron chi connectivity index (χ4n) is 2.30. The molecule has 0 unspecified atom stereocenters. The zero-order valence-electron chi connectivity index (χ0n) is 13.1. The number of hydrogen-bond acceptors (Lipinski definition) is 5. The number of halogens is 4. The van der Waals surface area contributed by atoms with Crippen molar-refractivity contribution in [2.45, 2.75) is 24.9 Å². The van der Waals surface area contributed by atoms with Crippen molar-refractivity contribution in [1.29, 1.82) is 0 Å². The second kappa shape index (κ2) is 7.05. The second-order valence-corrected chi connectivity index (χ2v) is 6.15. The maximum absolute atomic E-state index is 12.7. The third-order valence-corrected chi connectivity index (χ3v) is 4.01. The van der Waals surface area contributed by atoms with Crippen LogP contribution in [-0.2, 0) is 6.18 Å². The van der Waals surface area contributed by atoms with Crippen LogP contribution >= 0.6 is 11.6 Å². The molecule has 25 heavy (non-hydrogen) atoms. The van der Waals surface area contributed by atoms with Gasteiger partial charge >= 0.3 is 6.18 Å². The summed E-state index contributed by atoms with van der Waals surface area (Å²) in [7, 11) is 0. The van der Waals surface area contributed by atoms with Crippen molar-refractivity contribution in [2.24, 2.45) is 0 Å². The summed E-state index contributed by atoms with van der Waals surface area (Å²) in [6, 6.07) is 4.86. The van der Waals surface area contributed by atoms with E-state index in [2.05, 4.69) is 20.6 Å². The maximum Gasteiger partial charge on any atom is 0.416 e. The van der Waals surface area contributed by atoms with E-state index in [0.717, 1.165) is 30.7 Å². The number of alkyl halides is 3. The van der Waals surface area contributed by atoms with E-state index >= 15 is 0 Å². The molecule has 2 aromatic rings. The van der Waals surface area contributed by atoms with Crippen LogP contribution in [0, 0.1) is 0 Å². The van der Waals surface area contributed by atoms with Gasteiger partial charge in [-0.2, -0.15) is 18.2 Å². The Balaban J connectivity index is 1.85. The highest BCUT2D eigenvalue weighted by atomic mass is 35.5. The Morgan fingerprint density at radius 2 is 1.96 bits per heavy atom. The maximum atomic E-state index is 12.7. The minimum Gasteiger partial charge on any atom is -0.395 e. The van der Waals surface area contributed by atoms with Gasteiger partial charge in [0.15, 0.2) is 0 Å². The fraction of sp³-hybridized carbons (Fsp3) is 0.375. The van der Waals surface area contributed by atoms with Crippen LogP contribution in [0.25, 0.3) is 0 Å². The summed E-state index contributed by atoms with van der Waals surface area (Å²) >= 11 is 5.97. The van der Waals surface area contributed by atoms with Crippen LogP contribution in [0.2, 0.25) is 5.02 Å². The number of aliphatic hydroxyl groups excluding tert-OH is 1. The van der Waals surface area contributed by atoms with Gasteiger partial charge in [-0.1, -0.05) is 11.6 Å². The first kappa shape index (κ1) is 17.8. The molecule has 3 N–H and O–H groups in total. The molecular weight excluding hydrogens is 357 g/mol. The Morgan fingerprint density at radius 3 is 2.56 bits per heavy atom. The van der Waals surface area contributed by atoms with Crippen molar-refractivity contribution in [3.8, 4) is 0 Å². The zero-order valence-corrected chi connectivity index (χ0v) is 13.8. The number of anilines is 3. The Morgan fingerprint density at radius 1 is 1.20 bits per heavy atom. The molecule has 1 fully saturated rings. The molecule has 0 saturated heterocycles. The van der Waals surface area contributed by atoms with Crippen LogP contribution in [0.4, 0.5) is 30.6 Å². The van der Waals surface area contributed by atoms with Crippen molar-refractivity contribution >= 4 is 29.1 Å². The quantitative estimate of drug-likeness (QED) is 0.709. The molecule has 1 aliphatic carbocycles. The van der Waals surface area contributed by atoms with E-state index in [9.17, 15) is 13.2 Å². The van der Waals surface area contributed by atoms with E-state index in [-0.39, 0.29) is 11.6 Å². The first-order chi connectivity index (χ1) is 11.9. The third-order valence-electron chi connectivity index (χ3n) is 3.70. The lowest BCUT2D eigenvalue weighted by Gasteiger charge is -2.13. The molecule has 1 heterocycles. The average Bonchev–Trinajstić information content (AvgIpc) is 3.38. The van der Waals surface area contributed by atoms with Crippen molar-refractivity contribution in [3.63, 3.8) is 0 Å². The van der Waals surface area contributed by atoms with Gasteiger partial charge < -0.3 is 15.7 Å². The molecule has 5 nitrogen and oxygen atoms in total. The molecule has 134 valence electrons. The SMILES string of the molecule is OCCNc1nc(Nc2ccc(C(F)(F)F)cc2Cl)cc(C2CC2)n1. The van der Waals surface area contributed by atoms with Crippen LogP contribution in [0.1, 0.15) is 30.0 Å². The van der Waals surface area contributed by atoms with Crippen LogP contribution in [-0.4, -0.2) is 28.2 Å². The topological polar surface area (TPSA) is 70.1 Å². The van der Waals surface area contributed by atoms with Gasteiger partial charge in [0.1, 0.15) is 5.82 Å². The molecular formula is C16H16ClF3N4O. The summed E-state index contributed by atoms with van der Waals surface area (Å²) in [6.07, 6.45) is -2.37. The normalized spacial score (nSPS) is 14.4. The summed E-state index contributed by atoms with van der Waals surface area (Å²) in [4.78, 5) is 8.65. The number of rotatable bonds is 6.